The van der Waals surface area contributed by atoms with Gasteiger partial charge in [0, 0.05) is 5.57 Å². The predicted molar refractivity (Wildman–Crippen MR) is 74.7 cm³/mol. The van der Waals surface area contributed by atoms with Crippen molar-refractivity contribution in [3.8, 4) is 0 Å². The minimum absolute atomic E-state index is 0.0425. The third kappa shape index (κ3) is 6.79. The fourth-order valence-corrected chi connectivity index (χ4v) is 1.59. The van der Waals surface area contributed by atoms with Crippen molar-refractivity contribution in [1.82, 2.24) is 0 Å². The summed E-state index contributed by atoms with van der Waals surface area (Å²) in [4.78, 5) is 23.4. The Morgan fingerprint density at radius 3 is 2.16 bits per heavy atom. The van der Waals surface area contributed by atoms with E-state index in [2.05, 4.69) is 6.58 Å². The van der Waals surface area contributed by atoms with Crippen LogP contribution in [-0.4, -0.2) is 22.6 Å². The number of hydrogen-bond acceptors (Lipinski definition) is 3. The van der Waals surface area contributed by atoms with Crippen molar-refractivity contribution in [3.05, 3.63) is 24.3 Å². The van der Waals surface area contributed by atoms with Crippen LogP contribution < -0.4 is 0 Å². The Balaban J connectivity index is 5.32. The zero-order valence-corrected chi connectivity index (χ0v) is 12.4. The summed E-state index contributed by atoms with van der Waals surface area (Å²) in [5, 5.41) is 9.26. The van der Waals surface area contributed by atoms with E-state index in [-0.39, 0.29) is 17.9 Å². The Bertz CT molecular complexity index is 372. The summed E-state index contributed by atoms with van der Waals surface area (Å²) in [5.74, 6) is -2.38. The molecule has 0 saturated heterocycles. The van der Waals surface area contributed by atoms with Crippen LogP contribution in [0.4, 0.5) is 0 Å². The van der Waals surface area contributed by atoms with Crippen LogP contribution >= 0.6 is 0 Å². The van der Waals surface area contributed by atoms with Crippen LogP contribution in [-0.2, 0) is 14.3 Å². The fourth-order valence-electron chi connectivity index (χ4n) is 1.59. The Morgan fingerprint density at radius 1 is 1.32 bits per heavy atom. The number of rotatable bonds is 6. The molecule has 0 aromatic carbocycles. The average molecular weight is 268 g/mol. The second-order valence-electron chi connectivity index (χ2n) is 5.78. The van der Waals surface area contributed by atoms with Gasteiger partial charge in [0.1, 0.15) is 5.60 Å². The highest BCUT2D eigenvalue weighted by Crippen LogP contribution is 2.23. The van der Waals surface area contributed by atoms with Crippen LogP contribution in [0.3, 0.4) is 0 Å². The molecule has 0 aliphatic carbocycles. The van der Waals surface area contributed by atoms with E-state index in [9.17, 15) is 14.7 Å². The Kier molecular flexibility index (Phi) is 6.53. The van der Waals surface area contributed by atoms with Crippen LogP contribution in [0, 0.1) is 11.8 Å². The molecule has 1 N–H and O–H groups in total. The van der Waals surface area contributed by atoms with E-state index in [1.165, 1.54) is 6.08 Å². The van der Waals surface area contributed by atoms with Crippen molar-refractivity contribution in [2.24, 2.45) is 11.8 Å². The molecule has 0 radical (unpaired) electrons. The van der Waals surface area contributed by atoms with Crippen LogP contribution in [0.5, 0.6) is 0 Å². The maximum absolute atomic E-state index is 12.1. The highest BCUT2D eigenvalue weighted by molar-refractivity contribution is 5.94. The molecule has 0 spiro atoms. The van der Waals surface area contributed by atoms with Crippen molar-refractivity contribution in [2.75, 3.05) is 0 Å². The number of ether oxygens (including phenoxy) is 1. The van der Waals surface area contributed by atoms with Crippen LogP contribution in [0.2, 0.25) is 0 Å². The van der Waals surface area contributed by atoms with E-state index < -0.39 is 23.5 Å². The highest BCUT2D eigenvalue weighted by Gasteiger charge is 2.30. The number of carboxylic acids is 1. The van der Waals surface area contributed by atoms with Crippen LogP contribution in [0.25, 0.3) is 0 Å². The summed E-state index contributed by atoms with van der Waals surface area (Å²) >= 11 is 0. The highest BCUT2D eigenvalue weighted by atomic mass is 16.6. The quantitative estimate of drug-likeness (QED) is 0.456. The Labute approximate surface area is 115 Å². The summed E-state index contributed by atoms with van der Waals surface area (Å²) in [6.45, 7) is 12.6. The monoisotopic (exact) mass is 268 g/mol. The van der Waals surface area contributed by atoms with Gasteiger partial charge >= 0.3 is 11.9 Å². The molecule has 19 heavy (non-hydrogen) atoms. The van der Waals surface area contributed by atoms with Gasteiger partial charge < -0.3 is 9.84 Å². The first-order valence-electron chi connectivity index (χ1n) is 6.37. The molecule has 0 aliphatic heterocycles. The first-order chi connectivity index (χ1) is 8.58. The number of carboxylic acid groups (broad SMARTS) is 1. The summed E-state index contributed by atoms with van der Waals surface area (Å²) in [6.07, 6.45) is 3.37. The summed E-state index contributed by atoms with van der Waals surface area (Å²) in [6, 6.07) is 0. The smallest absolute Gasteiger partial charge is 0.332 e. The third-order valence-corrected chi connectivity index (χ3v) is 2.23. The van der Waals surface area contributed by atoms with Gasteiger partial charge in [0.25, 0.3) is 0 Å². The van der Waals surface area contributed by atoms with Crippen LogP contribution in [0.15, 0.2) is 24.3 Å². The average Bonchev–Trinajstić information content (AvgIpc) is 2.19. The second kappa shape index (κ2) is 7.12. The van der Waals surface area contributed by atoms with Crippen molar-refractivity contribution in [2.45, 2.75) is 46.6 Å². The lowest BCUT2D eigenvalue weighted by molar-refractivity contribution is -0.159. The number of aliphatic carboxylic acids is 1. The van der Waals surface area contributed by atoms with Crippen molar-refractivity contribution in [3.63, 3.8) is 0 Å². The second-order valence-corrected chi connectivity index (χ2v) is 5.78. The van der Waals surface area contributed by atoms with Gasteiger partial charge in [-0.05, 0) is 33.1 Å². The maximum Gasteiger partial charge on any atom is 0.332 e. The van der Waals surface area contributed by atoms with E-state index in [1.807, 2.05) is 13.8 Å². The molecule has 0 aliphatic rings. The lowest BCUT2D eigenvalue weighted by Gasteiger charge is -2.24. The van der Waals surface area contributed by atoms with Gasteiger partial charge in [0.05, 0.1) is 5.92 Å². The van der Waals surface area contributed by atoms with Crippen molar-refractivity contribution < 1.29 is 19.4 Å². The first kappa shape index (κ1) is 17.4. The van der Waals surface area contributed by atoms with E-state index >= 15 is 0 Å². The molecule has 0 rings (SSSR count). The van der Waals surface area contributed by atoms with Gasteiger partial charge in [0.2, 0.25) is 0 Å². The number of esters is 1. The van der Waals surface area contributed by atoms with E-state index in [0.717, 1.165) is 0 Å². The predicted octanol–water partition coefficient (Wildman–Crippen LogP) is 3.19. The largest absolute Gasteiger partial charge is 0.478 e. The standard InChI is InChI=1S/C15H24O4/c1-7-8-11(14(18)19-15(4,5)6)12(13(16)17)9-10(2)3/h7,9-11H,1,8H2,2-6H3,(H,16,17)/b12-9+/t11-/m0/s1. The van der Waals surface area contributed by atoms with Gasteiger partial charge in [-0.1, -0.05) is 26.0 Å². The van der Waals surface area contributed by atoms with E-state index in [0.29, 0.717) is 0 Å². The number of carbonyl (C=O) groups is 2. The van der Waals surface area contributed by atoms with Crippen molar-refractivity contribution in [1.29, 1.82) is 0 Å². The molecule has 0 bridgehead atoms. The first-order valence-corrected chi connectivity index (χ1v) is 6.37. The molecule has 0 heterocycles. The zero-order valence-electron chi connectivity index (χ0n) is 12.4. The number of hydrogen-bond donors (Lipinski definition) is 1. The molecule has 0 unspecified atom stereocenters. The van der Waals surface area contributed by atoms with E-state index in [4.69, 9.17) is 4.74 Å². The Hall–Kier alpha value is -1.58. The van der Waals surface area contributed by atoms with Gasteiger partial charge in [-0.3, -0.25) is 4.79 Å². The molecule has 0 amide bonds. The SMILES string of the molecule is C=CC[C@H](C(=O)OC(C)(C)C)/C(=C\C(C)C)C(=O)O. The maximum atomic E-state index is 12.1. The van der Waals surface area contributed by atoms with Gasteiger partial charge in [-0.2, -0.15) is 0 Å². The number of allylic oxidation sites excluding steroid dienone is 2. The third-order valence-electron chi connectivity index (χ3n) is 2.23. The number of carbonyl (C=O) groups excluding carboxylic acids is 1. The molecule has 0 fully saturated rings. The summed E-state index contributed by atoms with van der Waals surface area (Å²) < 4.78 is 5.27. The molecule has 0 aromatic rings. The molecule has 4 nitrogen and oxygen atoms in total. The van der Waals surface area contributed by atoms with Crippen LogP contribution in [0.1, 0.15) is 41.0 Å². The summed E-state index contributed by atoms with van der Waals surface area (Å²) in [7, 11) is 0. The summed E-state index contributed by atoms with van der Waals surface area (Å²) in [5.41, 5.74) is -0.568. The van der Waals surface area contributed by atoms with Crippen molar-refractivity contribution >= 4 is 11.9 Å². The topological polar surface area (TPSA) is 63.6 Å². The molecular formula is C15H24O4. The molecule has 108 valence electrons. The molecule has 4 heteroatoms. The molecule has 0 saturated carbocycles. The normalized spacial score (nSPS) is 14.1. The van der Waals surface area contributed by atoms with Gasteiger partial charge in [0.15, 0.2) is 0 Å². The molecule has 1 atom stereocenters. The van der Waals surface area contributed by atoms with Gasteiger partial charge in [-0.25, -0.2) is 4.79 Å². The van der Waals surface area contributed by atoms with Gasteiger partial charge in [-0.15, -0.1) is 6.58 Å². The minimum atomic E-state index is -1.09. The molecular weight excluding hydrogens is 244 g/mol. The lowest BCUT2D eigenvalue weighted by Crippen LogP contribution is -2.31. The minimum Gasteiger partial charge on any atom is -0.478 e. The molecule has 0 aromatic heterocycles. The zero-order chi connectivity index (χ0) is 15.2. The Morgan fingerprint density at radius 2 is 1.84 bits per heavy atom. The lowest BCUT2D eigenvalue weighted by atomic mass is 9.92. The van der Waals surface area contributed by atoms with E-state index in [1.54, 1.807) is 26.8 Å². The fraction of sp³-hybridized carbons (Fsp3) is 0.600.